The number of sulfonamides is 1. The smallest absolute Gasteiger partial charge is 0.353 e. The van der Waals surface area contributed by atoms with Crippen LogP contribution in [-0.4, -0.2) is 29.7 Å². The second kappa shape index (κ2) is 4.73. The SMILES string of the molecule is Cc1cccc(S(=O)(=O)Nc2cc(C(=O)O)[nH]n2)c1. The Balaban J connectivity index is 2.28. The Kier molecular flexibility index (Phi) is 3.26. The third kappa shape index (κ3) is 2.91. The Morgan fingerprint density at radius 2 is 2.11 bits per heavy atom. The molecule has 0 aliphatic heterocycles. The third-order valence-electron chi connectivity index (χ3n) is 2.35. The molecule has 0 unspecified atom stereocenters. The highest BCUT2D eigenvalue weighted by atomic mass is 32.2. The lowest BCUT2D eigenvalue weighted by Crippen LogP contribution is -2.13. The van der Waals surface area contributed by atoms with Crippen LogP contribution in [0.25, 0.3) is 0 Å². The van der Waals surface area contributed by atoms with Gasteiger partial charge in [-0.15, -0.1) is 0 Å². The molecule has 0 amide bonds. The van der Waals surface area contributed by atoms with Crippen LogP contribution in [0, 0.1) is 6.92 Å². The minimum absolute atomic E-state index is 0.0705. The maximum atomic E-state index is 12.0. The van der Waals surface area contributed by atoms with Gasteiger partial charge in [0.2, 0.25) is 0 Å². The summed E-state index contributed by atoms with van der Waals surface area (Å²) >= 11 is 0. The molecule has 0 aliphatic rings. The van der Waals surface area contributed by atoms with Gasteiger partial charge in [0.1, 0.15) is 5.69 Å². The number of aryl methyl sites for hydroxylation is 1. The molecule has 19 heavy (non-hydrogen) atoms. The van der Waals surface area contributed by atoms with Gasteiger partial charge in [0.05, 0.1) is 4.90 Å². The number of nitrogens with zero attached hydrogens (tertiary/aromatic N) is 1. The van der Waals surface area contributed by atoms with E-state index in [1.165, 1.54) is 12.1 Å². The molecule has 1 aromatic heterocycles. The van der Waals surface area contributed by atoms with Gasteiger partial charge in [-0.25, -0.2) is 13.2 Å². The zero-order valence-corrected chi connectivity index (χ0v) is 10.7. The van der Waals surface area contributed by atoms with E-state index in [0.717, 1.165) is 11.6 Å². The van der Waals surface area contributed by atoms with Gasteiger partial charge in [-0.2, -0.15) is 5.10 Å². The Bertz CT molecular complexity index is 721. The van der Waals surface area contributed by atoms with E-state index in [2.05, 4.69) is 14.9 Å². The summed E-state index contributed by atoms with van der Waals surface area (Å²) < 4.78 is 26.2. The van der Waals surface area contributed by atoms with Gasteiger partial charge in [0.25, 0.3) is 10.0 Å². The first kappa shape index (κ1) is 13.1. The van der Waals surface area contributed by atoms with Gasteiger partial charge in [0, 0.05) is 6.07 Å². The number of aromatic carboxylic acids is 1. The molecule has 0 fully saturated rings. The molecule has 1 heterocycles. The highest BCUT2D eigenvalue weighted by Gasteiger charge is 2.17. The predicted octanol–water partition coefficient (Wildman–Crippen LogP) is 1.22. The highest BCUT2D eigenvalue weighted by molar-refractivity contribution is 7.92. The van der Waals surface area contributed by atoms with Crippen LogP contribution >= 0.6 is 0 Å². The zero-order valence-electron chi connectivity index (χ0n) is 9.91. The maximum absolute atomic E-state index is 12.0. The number of aromatic amines is 1. The molecule has 7 nitrogen and oxygen atoms in total. The number of H-pyrrole nitrogens is 1. The number of hydrogen-bond donors (Lipinski definition) is 3. The summed E-state index contributed by atoms with van der Waals surface area (Å²) in [5.74, 6) is -1.28. The zero-order chi connectivity index (χ0) is 14.0. The van der Waals surface area contributed by atoms with Crippen LogP contribution < -0.4 is 4.72 Å². The van der Waals surface area contributed by atoms with E-state index in [9.17, 15) is 13.2 Å². The summed E-state index contributed by atoms with van der Waals surface area (Å²) in [6.07, 6.45) is 0. The Labute approximate surface area is 109 Å². The summed E-state index contributed by atoms with van der Waals surface area (Å²) in [6, 6.07) is 7.45. The van der Waals surface area contributed by atoms with E-state index in [0.29, 0.717) is 0 Å². The number of hydrogen-bond acceptors (Lipinski definition) is 4. The first-order valence-electron chi connectivity index (χ1n) is 5.27. The number of benzene rings is 1. The summed E-state index contributed by atoms with van der Waals surface area (Å²) in [4.78, 5) is 10.7. The van der Waals surface area contributed by atoms with E-state index in [1.807, 2.05) is 0 Å². The molecule has 100 valence electrons. The standard InChI is InChI=1S/C11H11N3O4S/c1-7-3-2-4-8(5-7)19(17,18)14-10-6-9(11(15)16)12-13-10/h2-6H,1H3,(H,15,16)(H2,12,13,14). The number of carboxylic acids is 1. The molecule has 0 saturated carbocycles. The molecule has 2 rings (SSSR count). The van der Waals surface area contributed by atoms with Crippen molar-refractivity contribution < 1.29 is 18.3 Å². The van der Waals surface area contributed by atoms with E-state index in [4.69, 9.17) is 5.11 Å². The number of anilines is 1. The van der Waals surface area contributed by atoms with Crippen molar-refractivity contribution in [3.63, 3.8) is 0 Å². The van der Waals surface area contributed by atoms with Crippen LogP contribution in [0.5, 0.6) is 0 Å². The molecule has 0 aliphatic carbocycles. The number of carbonyl (C=O) groups is 1. The molecule has 0 spiro atoms. The van der Waals surface area contributed by atoms with E-state index in [-0.39, 0.29) is 16.4 Å². The third-order valence-corrected chi connectivity index (χ3v) is 3.70. The Hall–Kier alpha value is -2.35. The fourth-order valence-corrected chi connectivity index (χ4v) is 2.56. The van der Waals surface area contributed by atoms with Gasteiger partial charge in [0.15, 0.2) is 5.82 Å². The minimum Gasteiger partial charge on any atom is -0.477 e. The van der Waals surface area contributed by atoms with Crippen LogP contribution in [0.4, 0.5) is 5.82 Å². The van der Waals surface area contributed by atoms with Gasteiger partial charge in [-0.1, -0.05) is 12.1 Å². The molecular formula is C11H11N3O4S. The van der Waals surface area contributed by atoms with Crippen molar-refractivity contribution in [1.82, 2.24) is 10.2 Å². The summed E-state index contributed by atoms with van der Waals surface area (Å²) in [5.41, 5.74) is 0.609. The monoisotopic (exact) mass is 281 g/mol. The van der Waals surface area contributed by atoms with Crippen LogP contribution in [0.1, 0.15) is 16.1 Å². The van der Waals surface area contributed by atoms with E-state index in [1.54, 1.807) is 19.1 Å². The molecule has 0 radical (unpaired) electrons. The summed E-state index contributed by atoms with van der Waals surface area (Å²) in [7, 11) is -3.77. The lowest BCUT2D eigenvalue weighted by molar-refractivity contribution is 0.0690. The quantitative estimate of drug-likeness (QED) is 0.780. The van der Waals surface area contributed by atoms with Gasteiger partial charge in [-0.3, -0.25) is 9.82 Å². The van der Waals surface area contributed by atoms with E-state index >= 15 is 0 Å². The van der Waals surface area contributed by atoms with Crippen molar-refractivity contribution in [2.45, 2.75) is 11.8 Å². The number of carboxylic acid groups (broad SMARTS) is 1. The van der Waals surface area contributed by atoms with Crippen LogP contribution in [0.3, 0.4) is 0 Å². The molecule has 2 aromatic rings. The molecule has 3 N–H and O–H groups in total. The minimum atomic E-state index is -3.77. The van der Waals surface area contributed by atoms with Crippen molar-refractivity contribution in [3.8, 4) is 0 Å². The summed E-state index contributed by atoms with van der Waals surface area (Å²) in [6.45, 7) is 1.77. The molecule has 0 bridgehead atoms. The Morgan fingerprint density at radius 1 is 1.37 bits per heavy atom. The van der Waals surface area contributed by atoms with E-state index < -0.39 is 16.0 Å². The number of rotatable bonds is 4. The average molecular weight is 281 g/mol. The molecule has 0 atom stereocenters. The molecule has 8 heteroatoms. The Morgan fingerprint density at radius 3 is 2.68 bits per heavy atom. The van der Waals surface area contributed by atoms with Gasteiger partial charge >= 0.3 is 5.97 Å². The fraction of sp³-hybridized carbons (Fsp3) is 0.0909. The molecule has 1 aromatic carbocycles. The second-order valence-electron chi connectivity index (χ2n) is 3.89. The average Bonchev–Trinajstić information content (AvgIpc) is 2.77. The normalized spacial score (nSPS) is 11.2. The van der Waals surface area contributed by atoms with Crippen LogP contribution in [0.15, 0.2) is 35.2 Å². The molecular weight excluding hydrogens is 270 g/mol. The topological polar surface area (TPSA) is 112 Å². The van der Waals surface area contributed by atoms with Crippen LogP contribution in [-0.2, 0) is 10.0 Å². The lowest BCUT2D eigenvalue weighted by atomic mass is 10.2. The van der Waals surface area contributed by atoms with Gasteiger partial charge < -0.3 is 5.11 Å². The number of nitrogens with one attached hydrogen (secondary N) is 2. The lowest BCUT2D eigenvalue weighted by Gasteiger charge is -2.05. The fourth-order valence-electron chi connectivity index (χ4n) is 1.46. The second-order valence-corrected chi connectivity index (χ2v) is 5.58. The van der Waals surface area contributed by atoms with Crippen molar-refractivity contribution >= 4 is 21.8 Å². The summed E-state index contributed by atoms with van der Waals surface area (Å²) in [5, 5.41) is 14.5. The van der Waals surface area contributed by atoms with Crippen molar-refractivity contribution in [3.05, 3.63) is 41.6 Å². The van der Waals surface area contributed by atoms with Crippen molar-refractivity contribution in [1.29, 1.82) is 0 Å². The molecule has 0 saturated heterocycles. The maximum Gasteiger partial charge on any atom is 0.353 e. The highest BCUT2D eigenvalue weighted by Crippen LogP contribution is 2.15. The first-order valence-corrected chi connectivity index (χ1v) is 6.75. The van der Waals surface area contributed by atoms with Crippen molar-refractivity contribution in [2.75, 3.05) is 4.72 Å². The number of aromatic nitrogens is 2. The van der Waals surface area contributed by atoms with Gasteiger partial charge in [-0.05, 0) is 24.6 Å². The largest absolute Gasteiger partial charge is 0.477 e. The first-order chi connectivity index (χ1) is 8.88. The van der Waals surface area contributed by atoms with Crippen LogP contribution in [0.2, 0.25) is 0 Å². The predicted molar refractivity (Wildman–Crippen MR) is 67.5 cm³/mol. The van der Waals surface area contributed by atoms with Crippen molar-refractivity contribution in [2.24, 2.45) is 0 Å².